The van der Waals surface area contributed by atoms with Crippen molar-refractivity contribution < 1.29 is 4.79 Å². The monoisotopic (exact) mass is 503 g/mol. The number of amides is 1. The van der Waals surface area contributed by atoms with E-state index in [-0.39, 0.29) is 17.6 Å². The van der Waals surface area contributed by atoms with Gasteiger partial charge in [-0.3, -0.25) is 9.36 Å². The summed E-state index contributed by atoms with van der Waals surface area (Å²) < 4.78 is 3.52. The molecule has 0 spiro atoms. The number of hydrogen-bond donors (Lipinski definition) is 1. The molecule has 1 amide bonds. The molecule has 1 fully saturated rings. The second kappa shape index (κ2) is 8.87. The van der Waals surface area contributed by atoms with Crippen LogP contribution in [-0.2, 0) is 0 Å². The maximum absolute atomic E-state index is 13.7. The predicted molar refractivity (Wildman–Crippen MR) is 139 cm³/mol. The maximum Gasteiger partial charge on any atom is 0.326 e. The molecule has 1 N–H and O–H groups in total. The van der Waals surface area contributed by atoms with Crippen LogP contribution in [0.5, 0.6) is 0 Å². The Morgan fingerprint density at radius 3 is 2.63 bits per heavy atom. The molecule has 0 unspecified atom stereocenters. The number of aromatic amines is 1. The highest BCUT2D eigenvalue weighted by Gasteiger charge is 2.29. The van der Waals surface area contributed by atoms with Crippen molar-refractivity contribution in [3.05, 3.63) is 93.3 Å². The van der Waals surface area contributed by atoms with E-state index < -0.39 is 0 Å². The molecule has 1 aliphatic rings. The molecule has 1 aliphatic heterocycles. The van der Waals surface area contributed by atoms with Gasteiger partial charge >= 0.3 is 5.69 Å². The Balaban J connectivity index is 1.29. The number of rotatable bonds is 4. The molecule has 35 heavy (non-hydrogen) atoms. The third-order valence-electron chi connectivity index (χ3n) is 6.50. The first-order chi connectivity index (χ1) is 17.1. The molecule has 0 radical (unpaired) electrons. The highest BCUT2D eigenvalue weighted by Crippen LogP contribution is 2.29. The lowest BCUT2D eigenvalue weighted by Gasteiger charge is -2.32. The second-order valence-electron chi connectivity index (χ2n) is 8.62. The average Bonchev–Trinajstić information content (AvgIpc) is 3.61. The summed E-state index contributed by atoms with van der Waals surface area (Å²) in [5.41, 5.74) is 3.63. The molecule has 7 nitrogen and oxygen atoms in total. The van der Waals surface area contributed by atoms with Crippen LogP contribution in [0, 0.1) is 0 Å². The van der Waals surface area contributed by atoms with E-state index in [1.54, 1.807) is 28.2 Å². The second-order valence-corrected chi connectivity index (χ2v) is 10.0. The van der Waals surface area contributed by atoms with Crippen LogP contribution in [0.2, 0.25) is 5.02 Å². The normalized spacial score (nSPS) is 14.6. The van der Waals surface area contributed by atoms with Crippen molar-refractivity contribution in [3.8, 4) is 16.3 Å². The molecule has 6 rings (SSSR count). The fraction of sp³-hybridized carbons (Fsp3) is 0.192. The minimum absolute atomic E-state index is 0.0437. The zero-order valence-corrected chi connectivity index (χ0v) is 20.3. The predicted octanol–water partition coefficient (Wildman–Crippen LogP) is 5.37. The summed E-state index contributed by atoms with van der Waals surface area (Å²) in [5, 5.41) is 7.33. The first-order valence-corrected chi connectivity index (χ1v) is 12.7. The number of halogens is 1. The molecule has 0 aliphatic carbocycles. The Morgan fingerprint density at radius 1 is 1.03 bits per heavy atom. The van der Waals surface area contributed by atoms with Crippen LogP contribution in [-0.4, -0.2) is 43.2 Å². The van der Waals surface area contributed by atoms with Gasteiger partial charge in [0, 0.05) is 24.2 Å². The third kappa shape index (κ3) is 3.98. The van der Waals surface area contributed by atoms with Crippen LogP contribution < -0.4 is 5.69 Å². The van der Waals surface area contributed by atoms with Crippen LogP contribution >= 0.6 is 22.9 Å². The Hall–Kier alpha value is -3.62. The number of H-pyrrole nitrogens is 1. The van der Waals surface area contributed by atoms with E-state index >= 15 is 0 Å². The zero-order valence-electron chi connectivity index (χ0n) is 18.7. The number of hydrogen-bond acceptors (Lipinski definition) is 4. The zero-order chi connectivity index (χ0) is 23.9. The summed E-state index contributed by atoms with van der Waals surface area (Å²) in [6.07, 6.45) is 1.41. The van der Waals surface area contributed by atoms with Gasteiger partial charge < -0.3 is 9.88 Å². The number of thiophene rings is 1. The minimum atomic E-state index is -0.101. The van der Waals surface area contributed by atoms with E-state index in [2.05, 4.69) is 4.98 Å². The fourth-order valence-corrected chi connectivity index (χ4v) is 5.67. The SMILES string of the molecule is O=C(c1cc(-c2cccs2)nn1-c1cccc(Cl)c1)N1CCC(n2c(=O)[nH]c3ccccc32)CC1. The Kier molecular flexibility index (Phi) is 5.54. The first-order valence-electron chi connectivity index (χ1n) is 11.5. The van der Waals surface area contributed by atoms with Gasteiger partial charge in [-0.15, -0.1) is 11.3 Å². The van der Waals surface area contributed by atoms with Crippen LogP contribution in [0.1, 0.15) is 29.4 Å². The summed E-state index contributed by atoms with van der Waals surface area (Å²) >= 11 is 7.82. The van der Waals surface area contributed by atoms with Crippen molar-refractivity contribution in [2.75, 3.05) is 13.1 Å². The van der Waals surface area contributed by atoms with E-state index in [9.17, 15) is 9.59 Å². The van der Waals surface area contributed by atoms with Crippen LogP contribution in [0.4, 0.5) is 0 Å². The van der Waals surface area contributed by atoms with Crippen molar-refractivity contribution >= 4 is 39.9 Å². The summed E-state index contributed by atoms with van der Waals surface area (Å²) in [6.45, 7) is 1.12. The number of likely N-dealkylation sites (tertiary alicyclic amines) is 1. The van der Waals surface area contributed by atoms with Gasteiger partial charge in [-0.1, -0.05) is 35.9 Å². The molecule has 0 bridgehead atoms. The van der Waals surface area contributed by atoms with Crippen molar-refractivity contribution in [2.45, 2.75) is 18.9 Å². The van der Waals surface area contributed by atoms with Crippen LogP contribution in [0.25, 0.3) is 27.3 Å². The largest absolute Gasteiger partial charge is 0.337 e. The number of piperidine rings is 1. The summed E-state index contributed by atoms with van der Waals surface area (Å²) in [4.78, 5) is 32.1. The maximum atomic E-state index is 13.7. The highest BCUT2D eigenvalue weighted by atomic mass is 35.5. The van der Waals surface area contributed by atoms with Crippen molar-refractivity contribution in [2.24, 2.45) is 0 Å². The van der Waals surface area contributed by atoms with Crippen molar-refractivity contribution in [1.82, 2.24) is 24.2 Å². The van der Waals surface area contributed by atoms with Gasteiger partial charge in [-0.25, -0.2) is 9.48 Å². The third-order valence-corrected chi connectivity index (χ3v) is 7.62. The van der Waals surface area contributed by atoms with Gasteiger partial charge in [-0.2, -0.15) is 5.10 Å². The minimum Gasteiger partial charge on any atom is -0.337 e. The van der Waals surface area contributed by atoms with Crippen molar-refractivity contribution in [1.29, 1.82) is 0 Å². The van der Waals surface area contributed by atoms with Gasteiger partial charge in [-0.05, 0) is 60.7 Å². The molecule has 0 atom stereocenters. The molecule has 3 aromatic heterocycles. The summed E-state index contributed by atoms with van der Waals surface area (Å²) in [6, 6.07) is 20.9. The lowest BCUT2D eigenvalue weighted by atomic mass is 10.0. The summed E-state index contributed by atoms with van der Waals surface area (Å²) in [5.74, 6) is -0.0787. The average molecular weight is 504 g/mol. The quantitative estimate of drug-likeness (QED) is 0.358. The van der Waals surface area contributed by atoms with Gasteiger partial charge in [0.15, 0.2) is 0 Å². The van der Waals surface area contributed by atoms with E-state index in [0.29, 0.717) is 36.6 Å². The number of nitrogens with one attached hydrogen (secondary N) is 1. The van der Waals surface area contributed by atoms with Gasteiger partial charge in [0.2, 0.25) is 0 Å². The van der Waals surface area contributed by atoms with Crippen LogP contribution in [0.15, 0.2) is 76.9 Å². The Morgan fingerprint density at radius 2 is 1.86 bits per heavy atom. The smallest absolute Gasteiger partial charge is 0.326 e. The van der Waals surface area contributed by atoms with E-state index in [1.165, 1.54) is 0 Å². The number of carbonyl (C=O) groups is 1. The molecule has 0 saturated carbocycles. The molecule has 1 saturated heterocycles. The standard InChI is InChI=1S/C26H22ClN5O2S/c27-17-5-3-6-19(15-17)32-23(16-21(29-32)24-9-4-14-35-24)25(33)30-12-10-18(11-13-30)31-22-8-2-1-7-20(22)28-26(31)34/h1-9,14-16,18H,10-13H2,(H,28,34). The Labute approximate surface area is 210 Å². The lowest BCUT2D eigenvalue weighted by molar-refractivity contribution is 0.0685. The number of aromatic nitrogens is 4. The van der Waals surface area contributed by atoms with E-state index in [0.717, 1.165) is 27.3 Å². The van der Waals surface area contributed by atoms with Crippen molar-refractivity contribution in [3.63, 3.8) is 0 Å². The van der Waals surface area contributed by atoms with E-state index in [1.807, 2.05) is 69.4 Å². The number of benzene rings is 2. The summed E-state index contributed by atoms with van der Waals surface area (Å²) in [7, 11) is 0. The number of fused-ring (bicyclic) bond motifs is 1. The van der Waals surface area contributed by atoms with Gasteiger partial charge in [0.05, 0.1) is 21.6 Å². The number of imidazole rings is 1. The molecule has 176 valence electrons. The van der Waals surface area contributed by atoms with Crippen LogP contribution in [0.3, 0.4) is 0 Å². The topological polar surface area (TPSA) is 75.9 Å². The van der Waals surface area contributed by atoms with E-state index in [4.69, 9.17) is 16.7 Å². The number of para-hydroxylation sites is 2. The molecule has 5 aromatic rings. The molecule has 9 heteroatoms. The lowest BCUT2D eigenvalue weighted by Crippen LogP contribution is -2.41. The fourth-order valence-electron chi connectivity index (χ4n) is 4.81. The molecule has 4 heterocycles. The molecule has 2 aromatic carbocycles. The van der Waals surface area contributed by atoms with Gasteiger partial charge in [0.1, 0.15) is 11.4 Å². The molecular weight excluding hydrogens is 482 g/mol. The molecular formula is C26H22ClN5O2S. The van der Waals surface area contributed by atoms with Gasteiger partial charge in [0.25, 0.3) is 5.91 Å². The Bertz CT molecular complexity index is 1570. The first kappa shape index (κ1) is 21.9. The highest BCUT2D eigenvalue weighted by molar-refractivity contribution is 7.13. The number of carbonyl (C=O) groups excluding carboxylic acids is 1. The number of nitrogens with zero attached hydrogens (tertiary/aromatic N) is 4.